The van der Waals surface area contributed by atoms with E-state index in [1.807, 2.05) is 6.92 Å². The zero-order valence-corrected chi connectivity index (χ0v) is 7.88. The van der Waals surface area contributed by atoms with Gasteiger partial charge in [-0.15, -0.1) is 0 Å². The minimum Gasteiger partial charge on any atom is -0.289 e. The van der Waals surface area contributed by atoms with Gasteiger partial charge in [-0.1, -0.05) is 6.08 Å². The second-order valence-corrected chi connectivity index (χ2v) is 4.05. The van der Waals surface area contributed by atoms with Gasteiger partial charge in [0.2, 0.25) is 0 Å². The van der Waals surface area contributed by atoms with Gasteiger partial charge in [-0.05, 0) is 25.7 Å². The molecule has 0 spiro atoms. The summed E-state index contributed by atoms with van der Waals surface area (Å²) >= 11 is 0. The first-order chi connectivity index (χ1) is 6.48. The smallest absolute Gasteiger partial charge is 0.289 e. The maximum Gasteiger partial charge on any atom is 0.417 e. The van der Waals surface area contributed by atoms with Crippen LogP contribution in [-0.4, -0.2) is 18.4 Å². The molecule has 0 aromatic carbocycles. The van der Waals surface area contributed by atoms with E-state index in [4.69, 9.17) is 0 Å². The van der Waals surface area contributed by atoms with Crippen molar-refractivity contribution in [3.8, 4) is 0 Å². The van der Waals surface area contributed by atoms with Crippen LogP contribution in [0.5, 0.6) is 0 Å². The van der Waals surface area contributed by atoms with Gasteiger partial charge < -0.3 is 0 Å². The largest absolute Gasteiger partial charge is 0.417 e. The molecule has 0 aromatic heterocycles. The van der Waals surface area contributed by atoms with E-state index in [1.165, 1.54) is 6.08 Å². The second kappa shape index (κ2) is 3.11. The minimum atomic E-state index is -4.24. The van der Waals surface area contributed by atoms with Crippen molar-refractivity contribution < 1.29 is 13.2 Å². The first kappa shape index (κ1) is 9.74. The maximum absolute atomic E-state index is 12.4. The Morgan fingerprint density at radius 2 is 2.00 bits per heavy atom. The van der Waals surface area contributed by atoms with Gasteiger partial charge >= 0.3 is 6.18 Å². The summed E-state index contributed by atoms with van der Waals surface area (Å²) in [6, 6.07) is 0.00796. The maximum atomic E-state index is 12.4. The Bertz CT molecular complexity index is 286. The standard InChI is InChI=1S/C10H12F3N/c1-6-9(7-2-3-7)4-8(5-14-6)10(11,12)13/h4-7,9H,2-3H2,1H3. The number of hydrogen-bond acceptors (Lipinski definition) is 1. The van der Waals surface area contributed by atoms with E-state index in [9.17, 15) is 13.2 Å². The number of nitrogens with zero attached hydrogens (tertiary/aromatic N) is 1. The van der Waals surface area contributed by atoms with Crippen molar-refractivity contribution in [3.63, 3.8) is 0 Å². The molecule has 1 fully saturated rings. The molecule has 1 heterocycles. The first-order valence-electron chi connectivity index (χ1n) is 4.80. The Balaban J connectivity index is 2.19. The highest BCUT2D eigenvalue weighted by Gasteiger charge is 2.40. The molecular formula is C10H12F3N. The van der Waals surface area contributed by atoms with Crippen molar-refractivity contribution in [2.24, 2.45) is 16.8 Å². The predicted octanol–water partition coefficient (Wildman–Crippen LogP) is 2.97. The van der Waals surface area contributed by atoms with Gasteiger partial charge in [0.25, 0.3) is 0 Å². The van der Waals surface area contributed by atoms with Gasteiger partial charge in [0.05, 0.1) is 11.6 Å². The number of allylic oxidation sites excluding steroid dienone is 1. The van der Waals surface area contributed by atoms with Crippen molar-refractivity contribution in [1.29, 1.82) is 0 Å². The van der Waals surface area contributed by atoms with Crippen molar-refractivity contribution in [2.75, 3.05) is 0 Å². The lowest BCUT2D eigenvalue weighted by Crippen LogP contribution is -2.25. The molecule has 2 unspecified atom stereocenters. The van der Waals surface area contributed by atoms with Crippen LogP contribution in [0, 0.1) is 11.8 Å². The summed E-state index contributed by atoms with van der Waals surface area (Å²) in [6.07, 6.45) is 0.175. The molecule has 1 nitrogen and oxygen atoms in total. The lowest BCUT2D eigenvalue weighted by molar-refractivity contribution is -0.0864. The van der Waals surface area contributed by atoms with Crippen molar-refractivity contribution in [2.45, 2.75) is 32.0 Å². The van der Waals surface area contributed by atoms with Crippen LogP contribution in [0.1, 0.15) is 19.8 Å². The van der Waals surface area contributed by atoms with E-state index in [0.717, 1.165) is 19.1 Å². The summed E-state index contributed by atoms with van der Waals surface area (Å²) in [5, 5.41) is 0. The van der Waals surface area contributed by atoms with E-state index in [1.54, 1.807) is 0 Å². The zero-order chi connectivity index (χ0) is 10.3. The minimum absolute atomic E-state index is 0.00313. The van der Waals surface area contributed by atoms with Gasteiger partial charge in [0, 0.05) is 12.1 Å². The van der Waals surface area contributed by atoms with E-state index in [2.05, 4.69) is 4.99 Å². The van der Waals surface area contributed by atoms with E-state index in [0.29, 0.717) is 5.92 Å². The Morgan fingerprint density at radius 1 is 1.36 bits per heavy atom. The van der Waals surface area contributed by atoms with Crippen LogP contribution in [0.4, 0.5) is 13.2 Å². The molecule has 2 aliphatic rings. The fourth-order valence-electron chi connectivity index (χ4n) is 1.87. The third-order valence-corrected chi connectivity index (χ3v) is 2.87. The van der Waals surface area contributed by atoms with Gasteiger partial charge in [0.15, 0.2) is 0 Å². The topological polar surface area (TPSA) is 12.4 Å². The van der Waals surface area contributed by atoms with Crippen LogP contribution in [0.15, 0.2) is 16.6 Å². The van der Waals surface area contributed by atoms with Gasteiger partial charge in [-0.2, -0.15) is 13.2 Å². The molecule has 78 valence electrons. The van der Waals surface area contributed by atoms with E-state index >= 15 is 0 Å². The molecule has 0 bridgehead atoms. The average molecular weight is 203 g/mol. The molecule has 0 amide bonds. The summed E-state index contributed by atoms with van der Waals surface area (Å²) in [5.41, 5.74) is -0.576. The number of dihydropyridines is 1. The molecule has 2 rings (SSSR count). The number of aliphatic imine (C=N–C) groups is 1. The van der Waals surface area contributed by atoms with E-state index < -0.39 is 11.7 Å². The summed E-state index contributed by atoms with van der Waals surface area (Å²) in [7, 11) is 0. The molecule has 0 aromatic rings. The lowest BCUT2D eigenvalue weighted by Gasteiger charge is -2.23. The van der Waals surface area contributed by atoms with Crippen LogP contribution in [0.2, 0.25) is 0 Å². The highest BCUT2D eigenvalue weighted by atomic mass is 19.4. The van der Waals surface area contributed by atoms with Gasteiger partial charge in [-0.25, -0.2) is 0 Å². The molecule has 4 heteroatoms. The first-order valence-corrected chi connectivity index (χ1v) is 4.80. The molecule has 14 heavy (non-hydrogen) atoms. The number of rotatable bonds is 1. The fourth-order valence-corrected chi connectivity index (χ4v) is 1.87. The Kier molecular flexibility index (Phi) is 2.16. The number of alkyl halides is 3. The van der Waals surface area contributed by atoms with Crippen LogP contribution >= 0.6 is 0 Å². The molecular weight excluding hydrogens is 191 g/mol. The predicted molar refractivity (Wildman–Crippen MR) is 48.3 cm³/mol. The van der Waals surface area contributed by atoms with Gasteiger partial charge in [0.1, 0.15) is 0 Å². The third-order valence-electron chi connectivity index (χ3n) is 2.87. The van der Waals surface area contributed by atoms with Crippen molar-refractivity contribution in [1.82, 2.24) is 0 Å². The molecule has 1 aliphatic heterocycles. The van der Waals surface area contributed by atoms with Crippen LogP contribution in [0.3, 0.4) is 0 Å². The monoisotopic (exact) mass is 203 g/mol. The van der Waals surface area contributed by atoms with Crippen LogP contribution in [0.25, 0.3) is 0 Å². The lowest BCUT2D eigenvalue weighted by atomic mass is 9.91. The SMILES string of the molecule is CC1N=CC(C(F)(F)F)=CC1C1CC1. The van der Waals surface area contributed by atoms with E-state index in [-0.39, 0.29) is 12.0 Å². The van der Waals surface area contributed by atoms with Crippen LogP contribution in [-0.2, 0) is 0 Å². The molecule has 1 aliphatic carbocycles. The Hall–Kier alpha value is -0.800. The summed E-state index contributed by atoms with van der Waals surface area (Å²) < 4.78 is 37.1. The average Bonchev–Trinajstić information content (AvgIpc) is 2.85. The molecule has 0 saturated heterocycles. The van der Waals surface area contributed by atoms with Crippen molar-refractivity contribution >= 4 is 6.21 Å². The molecule has 0 N–H and O–H groups in total. The highest BCUT2D eigenvalue weighted by molar-refractivity contribution is 5.81. The fraction of sp³-hybridized carbons (Fsp3) is 0.700. The second-order valence-electron chi connectivity index (χ2n) is 4.05. The van der Waals surface area contributed by atoms with Gasteiger partial charge in [-0.3, -0.25) is 4.99 Å². The summed E-state index contributed by atoms with van der Waals surface area (Å²) in [6.45, 7) is 1.88. The number of hydrogen-bond donors (Lipinski definition) is 0. The van der Waals surface area contributed by atoms with Crippen molar-refractivity contribution in [3.05, 3.63) is 11.6 Å². The molecule has 0 radical (unpaired) electrons. The number of halogens is 3. The van der Waals surface area contributed by atoms with Crippen LogP contribution < -0.4 is 0 Å². The quantitative estimate of drug-likeness (QED) is 0.621. The third kappa shape index (κ3) is 1.83. The summed E-state index contributed by atoms with van der Waals surface area (Å²) in [5.74, 6) is 0.427. The normalized spacial score (nSPS) is 33.0. The molecule has 2 atom stereocenters. The highest BCUT2D eigenvalue weighted by Crippen LogP contribution is 2.42. The Labute approximate surface area is 80.7 Å². The zero-order valence-electron chi connectivity index (χ0n) is 7.88. The molecule has 1 saturated carbocycles. The summed E-state index contributed by atoms with van der Waals surface area (Å²) in [4.78, 5) is 3.91. The Morgan fingerprint density at radius 3 is 2.50 bits per heavy atom.